The van der Waals surface area contributed by atoms with Gasteiger partial charge in [0.2, 0.25) is 11.7 Å². The van der Waals surface area contributed by atoms with E-state index in [1.165, 1.54) is 0 Å². The Hall–Kier alpha value is -1.72. The number of aromatic nitrogens is 2. The molecule has 2 N–H and O–H groups in total. The molecule has 1 aromatic carbocycles. The summed E-state index contributed by atoms with van der Waals surface area (Å²) in [6.45, 7) is 4.54. The van der Waals surface area contributed by atoms with Gasteiger partial charge in [0.25, 0.3) is 0 Å². The van der Waals surface area contributed by atoms with Crippen molar-refractivity contribution in [3.8, 4) is 0 Å². The van der Waals surface area contributed by atoms with E-state index in [0.717, 1.165) is 5.56 Å². The molecular weight excluding hydrogens is 254 g/mol. The molecule has 0 radical (unpaired) electrons. The van der Waals surface area contributed by atoms with Gasteiger partial charge in [-0.3, -0.25) is 0 Å². The molecule has 0 saturated carbocycles. The van der Waals surface area contributed by atoms with Crippen LogP contribution in [0.2, 0.25) is 0 Å². The van der Waals surface area contributed by atoms with Crippen LogP contribution in [0.3, 0.4) is 0 Å². The minimum atomic E-state index is -0.165. The summed E-state index contributed by atoms with van der Waals surface area (Å²) in [7, 11) is 1.65. The molecule has 0 aliphatic heterocycles. The molecule has 0 fully saturated rings. The maximum atomic E-state index is 5.86. The molecule has 5 heteroatoms. The predicted molar refractivity (Wildman–Crippen MR) is 76.2 cm³/mol. The van der Waals surface area contributed by atoms with Crippen molar-refractivity contribution in [3.05, 3.63) is 47.6 Å². The number of methoxy groups -OCH3 is 1. The molecule has 1 aromatic heterocycles. The van der Waals surface area contributed by atoms with Gasteiger partial charge in [-0.1, -0.05) is 49.3 Å². The van der Waals surface area contributed by atoms with Crippen molar-refractivity contribution in [2.45, 2.75) is 25.9 Å². The first-order valence-electron chi connectivity index (χ1n) is 6.78. The lowest BCUT2D eigenvalue weighted by Gasteiger charge is -2.14. The highest BCUT2D eigenvalue weighted by Crippen LogP contribution is 2.26. The van der Waals surface area contributed by atoms with E-state index in [4.69, 9.17) is 15.0 Å². The van der Waals surface area contributed by atoms with E-state index < -0.39 is 0 Å². The molecule has 0 aliphatic carbocycles. The predicted octanol–water partition coefficient (Wildman–Crippen LogP) is 2.50. The van der Waals surface area contributed by atoms with Crippen molar-refractivity contribution < 1.29 is 9.26 Å². The standard InChI is InChI=1S/C15H21N3O2/c1-10(2)13(19-3)14-17-15(20-18-14)12(9-16)11-7-5-4-6-8-11/h4-8,10,12-13H,9,16H2,1-3H3. The highest BCUT2D eigenvalue weighted by Gasteiger charge is 2.25. The van der Waals surface area contributed by atoms with Crippen LogP contribution in [0.1, 0.15) is 43.1 Å². The first-order valence-corrected chi connectivity index (χ1v) is 6.78. The Kier molecular flexibility index (Phi) is 4.87. The Labute approximate surface area is 119 Å². The summed E-state index contributed by atoms with van der Waals surface area (Å²) >= 11 is 0. The van der Waals surface area contributed by atoms with Crippen molar-refractivity contribution in [2.24, 2.45) is 11.7 Å². The summed E-state index contributed by atoms with van der Waals surface area (Å²) in [6.07, 6.45) is -0.165. The average molecular weight is 275 g/mol. The van der Waals surface area contributed by atoms with Crippen LogP contribution in [-0.2, 0) is 4.74 Å². The zero-order chi connectivity index (χ0) is 14.5. The molecule has 0 amide bonds. The molecule has 2 unspecified atom stereocenters. The lowest BCUT2D eigenvalue weighted by atomic mass is 9.99. The molecule has 0 aliphatic rings. The third-order valence-corrected chi connectivity index (χ3v) is 3.31. The van der Waals surface area contributed by atoms with Crippen LogP contribution >= 0.6 is 0 Å². The smallest absolute Gasteiger partial charge is 0.235 e. The second-order valence-electron chi connectivity index (χ2n) is 5.09. The number of hydrogen-bond acceptors (Lipinski definition) is 5. The van der Waals surface area contributed by atoms with Crippen LogP contribution in [0.15, 0.2) is 34.9 Å². The SMILES string of the molecule is COC(c1noc(C(CN)c2ccccc2)n1)C(C)C. The summed E-state index contributed by atoms with van der Waals surface area (Å²) in [5, 5.41) is 4.04. The first kappa shape index (κ1) is 14.7. The molecule has 0 saturated heterocycles. The van der Waals surface area contributed by atoms with Crippen LogP contribution in [0.5, 0.6) is 0 Å². The molecule has 0 bridgehead atoms. The molecule has 2 atom stereocenters. The summed E-state index contributed by atoms with van der Waals surface area (Å²) in [5.74, 6) is 1.31. The fraction of sp³-hybridized carbons (Fsp3) is 0.467. The van der Waals surface area contributed by atoms with Crippen LogP contribution < -0.4 is 5.73 Å². The van der Waals surface area contributed by atoms with E-state index >= 15 is 0 Å². The summed E-state index contributed by atoms with van der Waals surface area (Å²) in [6, 6.07) is 9.94. The van der Waals surface area contributed by atoms with E-state index in [-0.39, 0.29) is 17.9 Å². The van der Waals surface area contributed by atoms with Gasteiger partial charge in [-0.25, -0.2) is 0 Å². The monoisotopic (exact) mass is 275 g/mol. The Morgan fingerprint density at radius 3 is 2.50 bits per heavy atom. The van der Waals surface area contributed by atoms with E-state index in [0.29, 0.717) is 18.3 Å². The first-order chi connectivity index (χ1) is 9.67. The van der Waals surface area contributed by atoms with Crippen LogP contribution in [0.4, 0.5) is 0 Å². The van der Waals surface area contributed by atoms with E-state index in [9.17, 15) is 0 Å². The molecule has 2 rings (SSSR count). The van der Waals surface area contributed by atoms with Gasteiger partial charge in [-0.05, 0) is 11.5 Å². The lowest BCUT2D eigenvalue weighted by molar-refractivity contribution is 0.0555. The number of hydrogen-bond donors (Lipinski definition) is 1. The minimum absolute atomic E-state index is 0.0814. The third-order valence-electron chi connectivity index (χ3n) is 3.31. The van der Waals surface area contributed by atoms with Gasteiger partial charge in [-0.2, -0.15) is 4.98 Å². The molecule has 2 aromatic rings. The van der Waals surface area contributed by atoms with E-state index in [2.05, 4.69) is 24.0 Å². The third kappa shape index (κ3) is 3.05. The summed E-state index contributed by atoms with van der Waals surface area (Å²) < 4.78 is 10.8. The van der Waals surface area contributed by atoms with Gasteiger partial charge in [0, 0.05) is 13.7 Å². The number of nitrogens with zero attached hydrogens (tertiary/aromatic N) is 2. The largest absolute Gasteiger partial charge is 0.373 e. The second kappa shape index (κ2) is 6.63. The van der Waals surface area contributed by atoms with Gasteiger partial charge >= 0.3 is 0 Å². The number of benzene rings is 1. The van der Waals surface area contributed by atoms with Crippen LogP contribution in [0.25, 0.3) is 0 Å². The van der Waals surface area contributed by atoms with E-state index in [1.54, 1.807) is 7.11 Å². The summed E-state index contributed by atoms with van der Waals surface area (Å²) in [5.41, 5.74) is 6.93. The topological polar surface area (TPSA) is 74.2 Å². The normalized spacial score (nSPS) is 14.4. The van der Waals surface area contributed by atoms with Gasteiger partial charge in [0.05, 0.1) is 5.92 Å². The molecule has 108 valence electrons. The van der Waals surface area contributed by atoms with Crippen molar-refractivity contribution in [3.63, 3.8) is 0 Å². The zero-order valence-corrected chi connectivity index (χ0v) is 12.1. The maximum Gasteiger partial charge on any atom is 0.235 e. The Balaban J connectivity index is 2.27. The molecule has 20 heavy (non-hydrogen) atoms. The zero-order valence-electron chi connectivity index (χ0n) is 12.1. The second-order valence-corrected chi connectivity index (χ2v) is 5.09. The quantitative estimate of drug-likeness (QED) is 0.876. The van der Waals surface area contributed by atoms with Gasteiger partial charge in [0.1, 0.15) is 6.10 Å². The molecule has 1 heterocycles. The molecular formula is C15H21N3O2. The van der Waals surface area contributed by atoms with Crippen molar-refractivity contribution in [2.75, 3.05) is 13.7 Å². The Bertz CT molecular complexity index is 525. The minimum Gasteiger partial charge on any atom is -0.373 e. The van der Waals surface area contributed by atoms with E-state index in [1.807, 2.05) is 30.3 Å². The van der Waals surface area contributed by atoms with Crippen LogP contribution in [0, 0.1) is 5.92 Å². The molecule has 0 spiro atoms. The number of nitrogens with two attached hydrogens (primary N) is 1. The summed E-state index contributed by atoms with van der Waals surface area (Å²) in [4.78, 5) is 4.47. The Morgan fingerprint density at radius 2 is 1.95 bits per heavy atom. The van der Waals surface area contributed by atoms with Gasteiger partial charge in [0.15, 0.2) is 0 Å². The Morgan fingerprint density at radius 1 is 1.25 bits per heavy atom. The van der Waals surface area contributed by atoms with Crippen LogP contribution in [-0.4, -0.2) is 23.8 Å². The number of rotatable bonds is 6. The fourth-order valence-electron chi connectivity index (χ4n) is 2.24. The van der Waals surface area contributed by atoms with Gasteiger partial charge < -0.3 is 15.0 Å². The van der Waals surface area contributed by atoms with Crippen molar-refractivity contribution in [1.82, 2.24) is 10.1 Å². The highest BCUT2D eigenvalue weighted by atomic mass is 16.5. The maximum absolute atomic E-state index is 5.86. The fourth-order valence-corrected chi connectivity index (χ4v) is 2.24. The molecule has 5 nitrogen and oxygen atoms in total. The van der Waals surface area contributed by atoms with Gasteiger partial charge in [-0.15, -0.1) is 0 Å². The van der Waals surface area contributed by atoms with Crippen molar-refractivity contribution >= 4 is 0 Å². The van der Waals surface area contributed by atoms with Crippen molar-refractivity contribution in [1.29, 1.82) is 0 Å². The number of ether oxygens (including phenoxy) is 1. The average Bonchev–Trinajstić information content (AvgIpc) is 2.90. The lowest BCUT2D eigenvalue weighted by Crippen LogP contribution is -2.15. The highest BCUT2D eigenvalue weighted by molar-refractivity contribution is 5.25.